The second-order valence-corrected chi connectivity index (χ2v) is 9.23. The number of carboxylic acid groups (broad SMARTS) is 1. The smallest absolute Gasteiger partial charge is 0.335 e. The summed E-state index contributed by atoms with van der Waals surface area (Å²) in [5, 5.41) is 11.7. The fourth-order valence-electron chi connectivity index (χ4n) is 3.65. The van der Waals surface area contributed by atoms with E-state index in [1.54, 1.807) is 12.0 Å². The first-order chi connectivity index (χ1) is 17.4. The summed E-state index contributed by atoms with van der Waals surface area (Å²) >= 11 is 1.28. The van der Waals surface area contributed by atoms with Crippen LogP contribution < -0.4 is 10.1 Å². The topological polar surface area (TPSA) is 108 Å². The van der Waals surface area contributed by atoms with Gasteiger partial charge in [-0.1, -0.05) is 42.1 Å². The van der Waals surface area contributed by atoms with E-state index < -0.39 is 11.2 Å². The molecule has 0 aromatic heterocycles. The number of hydrogen-bond acceptors (Lipinski definition) is 6. The lowest BCUT2D eigenvalue weighted by Crippen LogP contribution is -2.35. The molecule has 4 rings (SSSR count). The van der Waals surface area contributed by atoms with E-state index in [4.69, 9.17) is 9.84 Å². The average molecular weight is 504 g/mol. The molecule has 36 heavy (non-hydrogen) atoms. The van der Waals surface area contributed by atoms with Crippen molar-refractivity contribution in [3.05, 3.63) is 90.0 Å². The molecule has 1 heterocycles. The third kappa shape index (κ3) is 6.31. The molecule has 8 nitrogen and oxygen atoms in total. The number of rotatable bonds is 9. The van der Waals surface area contributed by atoms with E-state index in [-0.39, 0.29) is 23.8 Å². The van der Waals surface area contributed by atoms with Crippen LogP contribution in [0.25, 0.3) is 0 Å². The maximum absolute atomic E-state index is 13.3. The minimum Gasteiger partial charge on any atom is -0.497 e. The number of anilines is 1. The number of amides is 2. The Bertz CT molecular complexity index is 1260. The Balaban J connectivity index is 1.46. The van der Waals surface area contributed by atoms with E-state index in [1.165, 1.54) is 36.0 Å². The molecule has 1 atom stereocenters. The number of nitrogens with one attached hydrogen (secondary N) is 1. The van der Waals surface area contributed by atoms with E-state index in [1.807, 2.05) is 54.6 Å². The van der Waals surface area contributed by atoms with Crippen molar-refractivity contribution in [2.45, 2.75) is 18.1 Å². The van der Waals surface area contributed by atoms with Crippen LogP contribution in [-0.4, -0.2) is 51.9 Å². The molecule has 184 valence electrons. The zero-order chi connectivity index (χ0) is 25.5. The van der Waals surface area contributed by atoms with Gasteiger partial charge in [0.25, 0.3) is 0 Å². The predicted molar refractivity (Wildman–Crippen MR) is 140 cm³/mol. The van der Waals surface area contributed by atoms with Crippen molar-refractivity contribution in [1.29, 1.82) is 0 Å². The van der Waals surface area contributed by atoms with Crippen LogP contribution in [0.15, 0.2) is 83.9 Å². The summed E-state index contributed by atoms with van der Waals surface area (Å²) in [4.78, 5) is 43.3. The van der Waals surface area contributed by atoms with Gasteiger partial charge in [-0.3, -0.25) is 14.5 Å². The number of thioether (sulfide) groups is 1. The molecule has 1 saturated heterocycles. The van der Waals surface area contributed by atoms with Gasteiger partial charge < -0.3 is 15.2 Å². The van der Waals surface area contributed by atoms with E-state index in [0.717, 1.165) is 17.0 Å². The predicted octanol–water partition coefficient (Wildman–Crippen LogP) is 4.60. The molecule has 1 unspecified atom stereocenters. The highest BCUT2D eigenvalue weighted by Crippen LogP contribution is 2.32. The number of hydrogen-bond donors (Lipinski definition) is 2. The van der Waals surface area contributed by atoms with Crippen LogP contribution in [-0.2, 0) is 16.0 Å². The van der Waals surface area contributed by atoms with E-state index in [2.05, 4.69) is 10.3 Å². The number of methoxy groups -OCH3 is 1. The summed E-state index contributed by atoms with van der Waals surface area (Å²) in [5.41, 5.74) is 2.38. The summed E-state index contributed by atoms with van der Waals surface area (Å²) in [5.74, 6) is -0.776. The minimum absolute atomic E-state index is 0.0307. The first kappa shape index (κ1) is 25.0. The molecule has 2 N–H and O–H groups in total. The van der Waals surface area contributed by atoms with Gasteiger partial charge in [0, 0.05) is 18.7 Å². The molecule has 9 heteroatoms. The van der Waals surface area contributed by atoms with Crippen molar-refractivity contribution >= 4 is 46.1 Å². The van der Waals surface area contributed by atoms with Crippen molar-refractivity contribution < 1.29 is 24.2 Å². The Morgan fingerprint density at radius 2 is 1.72 bits per heavy atom. The lowest BCUT2D eigenvalue weighted by Gasteiger charge is -2.16. The van der Waals surface area contributed by atoms with Crippen LogP contribution in [0.4, 0.5) is 11.4 Å². The Morgan fingerprint density at radius 1 is 1.03 bits per heavy atom. The van der Waals surface area contributed by atoms with Gasteiger partial charge in [-0.2, -0.15) is 0 Å². The van der Waals surface area contributed by atoms with E-state index in [0.29, 0.717) is 23.8 Å². The molecule has 1 aliphatic heterocycles. The van der Waals surface area contributed by atoms with Gasteiger partial charge in [0.2, 0.25) is 11.8 Å². The normalized spacial score (nSPS) is 16.2. The van der Waals surface area contributed by atoms with Crippen molar-refractivity contribution in [3.8, 4) is 5.75 Å². The molecule has 0 bridgehead atoms. The lowest BCUT2D eigenvalue weighted by atomic mass is 10.1. The van der Waals surface area contributed by atoms with Crippen molar-refractivity contribution in [2.75, 3.05) is 19.0 Å². The number of para-hydroxylation sites is 1. The second-order valence-electron chi connectivity index (χ2n) is 8.06. The van der Waals surface area contributed by atoms with Gasteiger partial charge in [0.1, 0.15) is 11.0 Å². The Morgan fingerprint density at radius 3 is 2.36 bits per heavy atom. The number of nitrogens with zero attached hydrogens (tertiary/aromatic N) is 2. The fourth-order valence-corrected chi connectivity index (χ4v) is 4.84. The number of ether oxygens (including phenoxy) is 1. The molecular weight excluding hydrogens is 478 g/mol. The van der Waals surface area contributed by atoms with Gasteiger partial charge in [0.15, 0.2) is 5.17 Å². The molecule has 2 amide bonds. The molecule has 1 fully saturated rings. The highest BCUT2D eigenvalue weighted by atomic mass is 32.2. The zero-order valence-electron chi connectivity index (χ0n) is 19.6. The van der Waals surface area contributed by atoms with Gasteiger partial charge in [-0.05, 0) is 60.5 Å². The lowest BCUT2D eigenvalue weighted by molar-refractivity contribution is -0.128. The molecule has 0 aliphatic carbocycles. The van der Waals surface area contributed by atoms with Crippen LogP contribution in [0.3, 0.4) is 0 Å². The Labute approximate surface area is 213 Å². The van der Waals surface area contributed by atoms with Crippen LogP contribution in [0, 0.1) is 0 Å². The number of aliphatic imine (C=N–C) groups is 1. The number of carbonyl (C=O) groups is 3. The molecule has 3 aromatic carbocycles. The third-order valence-corrected chi connectivity index (χ3v) is 6.75. The quantitative estimate of drug-likeness (QED) is 0.442. The van der Waals surface area contributed by atoms with Crippen LogP contribution in [0.5, 0.6) is 5.75 Å². The third-order valence-electron chi connectivity index (χ3n) is 5.57. The first-order valence-electron chi connectivity index (χ1n) is 11.3. The van der Waals surface area contributed by atoms with Crippen molar-refractivity contribution in [2.24, 2.45) is 4.99 Å². The summed E-state index contributed by atoms with van der Waals surface area (Å²) in [6.07, 6.45) is 0.593. The van der Waals surface area contributed by atoms with Crippen LogP contribution in [0.1, 0.15) is 22.3 Å². The van der Waals surface area contributed by atoms with Crippen molar-refractivity contribution in [3.63, 3.8) is 0 Å². The summed E-state index contributed by atoms with van der Waals surface area (Å²) in [6.45, 7) is 0.429. The van der Waals surface area contributed by atoms with E-state index in [9.17, 15) is 14.4 Å². The SMILES string of the molecule is COc1ccc(CCN2C(=O)C(CC(=O)Nc3ccc(C(=O)O)cc3)SC2=Nc2ccccc2)cc1. The Hall–Kier alpha value is -4.11. The average Bonchev–Trinajstić information content (AvgIpc) is 3.17. The second kappa shape index (κ2) is 11.5. The van der Waals surface area contributed by atoms with Crippen LogP contribution >= 0.6 is 11.8 Å². The summed E-state index contributed by atoms with van der Waals surface area (Å²) < 4.78 is 5.21. The number of benzene rings is 3. The molecule has 3 aromatic rings. The number of aromatic carboxylic acids is 1. The molecule has 0 radical (unpaired) electrons. The largest absolute Gasteiger partial charge is 0.497 e. The minimum atomic E-state index is -1.04. The first-order valence-corrected chi connectivity index (χ1v) is 12.2. The van der Waals surface area contributed by atoms with Gasteiger partial charge >= 0.3 is 5.97 Å². The zero-order valence-corrected chi connectivity index (χ0v) is 20.4. The molecular formula is C27H25N3O5S. The summed E-state index contributed by atoms with van der Waals surface area (Å²) in [7, 11) is 1.61. The molecule has 1 aliphatic rings. The molecule has 0 saturated carbocycles. The monoisotopic (exact) mass is 503 g/mol. The number of carboxylic acids is 1. The Kier molecular flexibility index (Phi) is 8.02. The molecule has 0 spiro atoms. The van der Waals surface area contributed by atoms with Crippen molar-refractivity contribution in [1.82, 2.24) is 4.90 Å². The van der Waals surface area contributed by atoms with E-state index >= 15 is 0 Å². The maximum atomic E-state index is 13.3. The maximum Gasteiger partial charge on any atom is 0.335 e. The van der Waals surface area contributed by atoms with Gasteiger partial charge in [-0.15, -0.1) is 0 Å². The number of amidine groups is 1. The number of carbonyl (C=O) groups excluding carboxylic acids is 2. The van der Waals surface area contributed by atoms with Gasteiger partial charge in [0.05, 0.1) is 18.4 Å². The van der Waals surface area contributed by atoms with Crippen LogP contribution in [0.2, 0.25) is 0 Å². The van der Waals surface area contributed by atoms with Gasteiger partial charge in [-0.25, -0.2) is 9.79 Å². The fraction of sp³-hybridized carbons (Fsp3) is 0.185. The highest BCUT2D eigenvalue weighted by Gasteiger charge is 2.39. The summed E-state index contributed by atoms with van der Waals surface area (Å²) in [6, 6.07) is 22.9. The standard InChI is InChI=1S/C27H25N3O5S/c1-35-22-13-7-18(8-14-22)15-16-30-25(32)23(36-27(30)29-20-5-3-2-4-6-20)17-24(31)28-21-11-9-19(10-12-21)26(33)34/h2-14,23H,15-17H2,1H3,(H,28,31)(H,33,34). The highest BCUT2D eigenvalue weighted by molar-refractivity contribution is 8.15.